The molecule has 12 aromatic rings. The number of nitrogens with zero attached hydrogens (tertiary/aromatic N) is 1. The molecular weight excluding hydrogens is 1150 g/mol. The Balaban J connectivity index is 1.16. The van der Waals surface area contributed by atoms with Crippen molar-refractivity contribution in [2.75, 3.05) is 4.90 Å². The molecule has 0 N–H and O–H groups in total. The van der Waals surface area contributed by atoms with Gasteiger partial charge in [-0.1, -0.05) is 146 Å². The highest BCUT2D eigenvalue weighted by atomic mass is 31.1. The molecule has 0 aromatic heterocycles. The minimum Gasteiger partial charge on any atom is -0.306 e. The van der Waals surface area contributed by atoms with Gasteiger partial charge in [0.1, 0.15) is 0 Å². The maximum atomic E-state index is 2.89. The molecule has 0 fully saturated rings. The lowest BCUT2D eigenvalue weighted by Gasteiger charge is -2.51. The van der Waals surface area contributed by atoms with Crippen molar-refractivity contribution in [1.29, 1.82) is 0 Å². The zero-order chi connectivity index (χ0) is 63.2. The van der Waals surface area contributed by atoms with Crippen LogP contribution in [0.3, 0.4) is 0 Å². The first-order valence-electron chi connectivity index (χ1n) is 32.3. The molecule has 0 saturated heterocycles. The van der Waals surface area contributed by atoms with Crippen molar-refractivity contribution in [3.8, 4) is 66.8 Å². The molecule has 91 heavy (non-hydrogen) atoms. The largest absolute Gasteiger partial charge is 0.306 e. The fraction of sp³-hybridized carbons (Fsp3) is 0.172. The van der Waals surface area contributed by atoms with Crippen LogP contribution < -0.4 is 52.6 Å². The molecule has 0 atom stereocenters. The van der Waals surface area contributed by atoms with Gasteiger partial charge in [-0.2, -0.15) is 0 Å². The average Bonchev–Trinajstić information content (AvgIpc) is 0.675. The van der Waals surface area contributed by atoms with Crippen LogP contribution in [0.1, 0.15) is 83.5 Å². The van der Waals surface area contributed by atoms with Gasteiger partial charge < -0.3 is 4.90 Å². The molecule has 4 heteroatoms. The summed E-state index contributed by atoms with van der Waals surface area (Å²) in [6.07, 6.45) is 0. The highest BCUT2D eigenvalue weighted by Gasteiger charge is 2.50. The Hall–Kier alpha value is -8.27. The van der Waals surface area contributed by atoms with Crippen LogP contribution in [0.5, 0.6) is 0 Å². The Morgan fingerprint density at radius 1 is 0.176 bits per heavy atom. The summed E-state index contributed by atoms with van der Waals surface area (Å²) in [6.45, 7) is 36.1. The van der Waals surface area contributed by atoms with Gasteiger partial charge in [-0.25, -0.2) is 0 Å². The number of benzene rings is 12. The minimum atomic E-state index is -1.22. The Morgan fingerprint density at radius 3 is 0.560 bits per heavy atom. The molecule has 15 rings (SSSR count). The topological polar surface area (TPSA) is 3.24 Å². The summed E-state index contributed by atoms with van der Waals surface area (Å²) in [6, 6.07) is 77.3. The highest BCUT2D eigenvalue weighted by Crippen LogP contribution is 2.62. The van der Waals surface area contributed by atoms with E-state index in [-0.39, 0.29) is 0 Å². The van der Waals surface area contributed by atoms with E-state index in [4.69, 9.17) is 0 Å². The third-order valence-corrected chi connectivity index (χ3v) is 30.1. The van der Waals surface area contributed by atoms with Gasteiger partial charge in [-0.15, -0.1) is 0 Å². The lowest BCUT2D eigenvalue weighted by Crippen LogP contribution is -2.51. The fourth-order valence-corrected chi connectivity index (χ4v) is 25.2. The average molecular weight is 1230 g/mol. The second-order valence-electron chi connectivity index (χ2n) is 26.2. The zero-order valence-corrected chi connectivity index (χ0v) is 58.0. The molecular formula is C87H78NP3. The number of hydrogen-bond acceptors (Lipinski definition) is 1. The summed E-state index contributed by atoms with van der Waals surface area (Å²) >= 11 is 0. The second kappa shape index (κ2) is 22.5. The quantitative estimate of drug-likeness (QED) is 0.130. The highest BCUT2D eigenvalue weighted by molar-refractivity contribution is 7.84. The lowest BCUT2D eigenvalue weighted by molar-refractivity contribution is 1.19. The maximum absolute atomic E-state index is 2.89. The van der Waals surface area contributed by atoms with Crippen LogP contribution in [0.25, 0.3) is 66.8 Å². The predicted molar refractivity (Wildman–Crippen MR) is 402 cm³/mol. The van der Waals surface area contributed by atoms with E-state index in [0.717, 1.165) is 0 Å². The van der Waals surface area contributed by atoms with Crippen molar-refractivity contribution < 1.29 is 0 Å². The van der Waals surface area contributed by atoms with E-state index in [1.807, 2.05) is 0 Å². The van der Waals surface area contributed by atoms with Crippen molar-refractivity contribution in [2.45, 2.75) is 104 Å². The summed E-state index contributed by atoms with van der Waals surface area (Å²) in [5, 5.41) is 13.2. The molecule has 0 unspecified atom stereocenters. The molecule has 3 heterocycles. The monoisotopic (exact) mass is 1230 g/mol. The van der Waals surface area contributed by atoms with Gasteiger partial charge in [-0.05, 0) is 348 Å². The Labute approximate surface area is 544 Å². The third kappa shape index (κ3) is 9.19. The molecule has 12 aromatic carbocycles. The van der Waals surface area contributed by atoms with Gasteiger partial charge in [0.25, 0.3) is 0 Å². The first-order valence-corrected chi connectivity index (χ1v) is 36.4. The van der Waals surface area contributed by atoms with E-state index >= 15 is 0 Å². The summed E-state index contributed by atoms with van der Waals surface area (Å²) in [5.41, 5.74) is 40.3. The SMILES string of the molecule is Cc1c(C)c(C)c(P2c3cc(-c4cccc(-c5ccccc5)c4)cc4c3N3c5c2cc(-c2cccc(-c6ccccc6)c2)cc5P(c2c(C)c(C)c(C)c(C)c2C)c2cc(-c5cccc(-c6ccccc6)c5)cc(c23)P4c2c(C)c(C)c(C)c(C)c2C)c(C)c1C. The standard InChI is InChI=1S/C87H78NP3/c1-49-52(4)58(10)85(59(11)53(49)5)89-76-43-73(70-37-25-34-67(40-70)64-28-19-16-20-29-64)45-78-82(76)88-83-77(89)44-74(71-38-26-35-68(41-71)65-30-21-17-22-31-65)46-79(83)91(87-62(14)56(8)51(3)57(9)63(87)15)81-48-75(72-39-27-36-69(42-72)66-32-23-18-24-33-66)47-80(84(81)88)90(78)86-60(12)54(6)50(2)55(7)61(86)13/h16-48H,1-15H3. The number of hydrogen-bond donors (Lipinski definition) is 0. The Kier molecular flexibility index (Phi) is 14.6. The molecule has 0 bridgehead atoms. The van der Waals surface area contributed by atoms with Gasteiger partial charge >= 0.3 is 0 Å². The van der Waals surface area contributed by atoms with E-state index < -0.39 is 23.8 Å². The van der Waals surface area contributed by atoms with E-state index in [1.54, 1.807) is 0 Å². The molecule has 1 nitrogen and oxygen atoms in total. The Morgan fingerprint density at radius 2 is 0.352 bits per heavy atom. The van der Waals surface area contributed by atoms with Gasteiger partial charge in [0.15, 0.2) is 0 Å². The van der Waals surface area contributed by atoms with Crippen LogP contribution in [-0.4, -0.2) is 0 Å². The fourth-order valence-electron chi connectivity index (χ4n) is 15.4. The molecule has 3 aliphatic rings. The van der Waals surface area contributed by atoms with Gasteiger partial charge in [0.05, 0.1) is 17.1 Å². The smallest absolute Gasteiger partial charge is 0.0630 e. The third-order valence-electron chi connectivity index (χ3n) is 21.8. The molecule has 446 valence electrons. The maximum Gasteiger partial charge on any atom is 0.0630 e. The van der Waals surface area contributed by atoms with Crippen molar-refractivity contribution in [1.82, 2.24) is 0 Å². The zero-order valence-electron chi connectivity index (χ0n) is 55.3. The van der Waals surface area contributed by atoms with Crippen molar-refractivity contribution in [3.05, 3.63) is 284 Å². The number of anilines is 3. The summed E-state index contributed by atoms with van der Waals surface area (Å²) < 4.78 is 0. The van der Waals surface area contributed by atoms with Crippen LogP contribution in [0.15, 0.2) is 200 Å². The molecule has 3 aliphatic heterocycles. The lowest BCUT2D eigenvalue weighted by atomic mass is 9.95. The molecule has 0 aliphatic carbocycles. The predicted octanol–water partition coefficient (Wildman–Crippen LogP) is 20.0. The normalized spacial score (nSPS) is 15.1. The van der Waals surface area contributed by atoms with E-state index in [1.165, 1.54) is 215 Å². The van der Waals surface area contributed by atoms with Crippen molar-refractivity contribution in [3.63, 3.8) is 0 Å². The first kappa shape index (κ1) is 59.1. The van der Waals surface area contributed by atoms with E-state index in [9.17, 15) is 0 Å². The molecule has 0 spiro atoms. The van der Waals surface area contributed by atoms with E-state index in [2.05, 4.69) is 309 Å². The van der Waals surface area contributed by atoms with Crippen LogP contribution in [0, 0.1) is 104 Å². The van der Waals surface area contributed by atoms with Crippen LogP contribution in [0.2, 0.25) is 0 Å². The van der Waals surface area contributed by atoms with Crippen LogP contribution in [-0.2, 0) is 0 Å². The van der Waals surface area contributed by atoms with Crippen LogP contribution in [0.4, 0.5) is 17.1 Å². The van der Waals surface area contributed by atoms with Crippen molar-refractivity contribution in [2.24, 2.45) is 0 Å². The minimum absolute atomic E-state index is 1.22. The Bertz CT molecular complexity index is 4380. The van der Waals surface area contributed by atoms with Gasteiger partial charge in [0, 0.05) is 31.8 Å². The van der Waals surface area contributed by atoms with Gasteiger partial charge in [0.2, 0.25) is 0 Å². The molecule has 0 saturated carbocycles. The van der Waals surface area contributed by atoms with E-state index in [0.29, 0.717) is 0 Å². The summed E-state index contributed by atoms with van der Waals surface area (Å²) in [7, 11) is -3.67. The number of rotatable bonds is 9. The van der Waals surface area contributed by atoms with Gasteiger partial charge in [-0.3, -0.25) is 0 Å². The summed E-state index contributed by atoms with van der Waals surface area (Å²) in [4.78, 5) is 2.89. The van der Waals surface area contributed by atoms with Crippen molar-refractivity contribution >= 4 is 88.6 Å². The molecule has 0 amide bonds. The van der Waals surface area contributed by atoms with Crippen LogP contribution >= 0.6 is 23.8 Å². The first-order chi connectivity index (χ1) is 43.9. The molecule has 0 radical (unpaired) electrons. The second-order valence-corrected chi connectivity index (χ2v) is 32.4. The summed E-state index contributed by atoms with van der Waals surface area (Å²) in [5.74, 6) is 0.